The van der Waals surface area contributed by atoms with E-state index in [2.05, 4.69) is 5.32 Å². The molecule has 3 nitrogen and oxygen atoms in total. The first-order valence-corrected chi connectivity index (χ1v) is 7.13. The molecule has 0 saturated heterocycles. The molecule has 1 aliphatic carbocycles. The van der Waals surface area contributed by atoms with Crippen LogP contribution in [-0.2, 0) is 0 Å². The normalized spacial score (nSPS) is 24.8. The fourth-order valence-electron chi connectivity index (χ4n) is 3.03. The number of alkyl halides is 3. The third-order valence-electron chi connectivity index (χ3n) is 4.13. The van der Waals surface area contributed by atoms with Gasteiger partial charge in [-0.15, -0.1) is 0 Å². The zero-order chi connectivity index (χ0) is 15.6. The van der Waals surface area contributed by atoms with Crippen LogP contribution in [0.25, 0.3) is 0 Å². The molecular formula is C15H20F3NO2. The SMILES string of the molecule is CC(NC1CCCCC1C(F)(F)F)c1ccc(O)cc1O. The standard InChI is InChI=1S/C15H20F3NO2/c1-9(11-7-6-10(20)8-14(11)21)19-13-5-3-2-4-12(13)15(16,17)18/h6-9,12-13,19-21H,2-5H2,1H3. The third kappa shape index (κ3) is 3.81. The van der Waals surface area contributed by atoms with Gasteiger partial charge in [0.05, 0.1) is 5.92 Å². The molecule has 2 rings (SSSR count). The highest BCUT2D eigenvalue weighted by Gasteiger charge is 2.45. The molecule has 6 heteroatoms. The maximum atomic E-state index is 13.1. The predicted molar refractivity (Wildman–Crippen MR) is 73.1 cm³/mol. The van der Waals surface area contributed by atoms with Gasteiger partial charge >= 0.3 is 6.18 Å². The summed E-state index contributed by atoms with van der Waals surface area (Å²) in [5.74, 6) is -1.53. The average molecular weight is 303 g/mol. The van der Waals surface area contributed by atoms with Crippen LogP contribution in [-0.4, -0.2) is 22.4 Å². The van der Waals surface area contributed by atoms with Crippen molar-refractivity contribution in [2.24, 2.45) is 5.92 Å². The van der Waals surface area contributed by atoms with E-state index in [0.29, 0.717) is 18.4 Å². The molecule has 3 unspecified atom stereocenters. The summed E-state index contributed by atoms with van der Waals surface area (Å²) in [6.45, 7) is 1.72. The molecule has 0 radical (unpaired) electrons. The van der Waals surface area contributed by atoms with Gasteiger partial charge in [-0.2, -0.15) is 13.2 Å². The number of aromatic hydroxyl groups is 2. The van der Waals surface area contributed by atoms with E-state index < -0.39 is 24.2 Å². The molecule has 1 aromatic rings. The van der Waals surface area contributed by atoms with Crippen LogP contribution in [0.1, 0.15) is 44.2 Å². The van der Waals surface area contributed by atoms with Gasteiger partial charge in [0.25, 0.3) is 0 Å². The maximum Gasteiger partial charge on any atom is 0.393 e. The first-order valence-electron chi connectivity index (χ1n) is 7.13. The first-order chi connectivity index (χ1) is 9.79. The van der Waals surface area contributed by atoms with Gasteiger partial charge < -0.3 is 15.5 Å². The Hall–Kier alpha value is -1.43. The van der Waals surface area contributed by atoms with E-state index >= 15 is 0 Å². The fraction of sp³-hybridized carbons (Fsp3) is 0.600. The van der Waals surface area contributed by atoms with E-state index in [1.165, 1.54) is 18.2 Å². The molecule has 3 atom stereocenters. The van der Waals surface area contributed by atoms with E-state index in [4.69, 9.17) is 0 Å². The molecule has 1 aliphatic rings. The summed E-state index contributed by atoms with van der Waals surface area (Å²) in [4.78, 5) is 0. The minimum absolute atomic E-state index is 0.0747. The van der Waals surface area contributed by atoms with E-state index in [1.54, 1.807) is 6.92 Å². The van der Waals surface area contributed by atoms with Gasteiger partial charge in [-0.25, -0.2) is 0 Å². The molecule has 0 amide bonds. The molecule has 0 bridgehead atoms. The number of benzene rings is 1. The van der Waals surface area contributed by atoms with Crippen LogP contribution in [0, 0.1) is 5.92 Å². The highest BCUT2D eigenvalue weighted by molar-refractivity contribution is 5.40. The molecule has 3 N–H and O–H groups in total. The number of phenols is 2. The van der Waals surface area contributed by atoms with Gasteiger partial charge in [0.2, 0.25) is 0 Å². The second kappa shape index (κ2) is 6.13. The van der Waals surface area contributed by atoms with E-state index in [-0.39, 0.29) is 17.9 Å². The summed E-state index contributed by atoms with van der Waals surface area (Å²) in [5, 5.41) is 22.0. The Kier molecular flexibility index (Phi) is 4.66. The third-order valence-corrected chi connectivity index (χ3v) is 4.13. The summed E-state index contributed by atoms with van der Waals surface area (Å²) >= 11 is 0. The van der Waals surface area contributed by atoms with Crippen molar-refractivity contribution in [1.29, 1.82) is 0 Å². The van der Waals surface area contributed by atoms with Gasteiger partial charge in [-0.05, 0) is 25.8 Å². The predicted octanol–water partition coefficient (Wildman–Crippen LogP) is 3.87. The largest absolute Gasteiger partial charge is 0.508 e. The number of hydrogen-bond acceptors (Lipinski definition) is 3. The summed E-state index contributed by atoms with van der Waals surface area (Å²) in [7, 11) is 0. The number of phenolic OH excluding ortho intramolecular Hbond substituents is 2. The van der Waals surface area contributed by atoms with Gasteiger partial charge in [-0.1, -0.05) is 18.9 Å². The second-order valence-corrected chi connectivity index (χ2v) is 5.67. The number of rotatable bonds is 3. The topological polar surface area (TPSA) is 52.5 Å². The van der Waals surface area contributed by atoms with Crippen molar-refractivity contribution >= 4 is 0 Å². The minimum Gasteiger partial charge on any atom is -0.508 e. The summed E-state index contributed by atoms with van der Waals surface area (Å²) in [6, 6.07) is 3.07. The molecule has 118 valence electrons. The smallest absolute Gasteiger partial charge is 0.393 e. The van der Waals surface area contributed by atoms with Crippen molar-refractivity contribution in [3.63, 3.8) is 0 Å². The van der Waals surface area contributed by atoms with Gasteiger partial charge in [0, 0.05) is 23.7 Å². The monoisotopic (exact) mass is 303 g/mol. The Morgan fingerprint density at radius 2 is 1.86 bits per heavy atom. The molecule has 0 aliphatic heterocycles. The van der Waals surface area contributed by atoms with Crippen LogP contribution in [0.2, 0.25) is 0 Å². The van der Waals surface area contributed by atoms with Gasteiger partial charge in [-0.3, -0.25) is 0 Å². The Bertz CT molecular complexity index is 490. The molecule has 0 heterocycles. The average Bonchev–Trinajstić information content (AvgIpc) is 2.37. The van der Waals surface area contributed by atoms with E-state index in [0.717, 1.165) is 6.42 Å². The second-order valence-electron chi connectivity index (χ2n) is 5.67. The summed E-state index contributed by atoms with van der Waals surface area (Å²) < 4.78 is 39.2. The minimum atomic E-state index is -4.20. The van der Waals surface area contributed by atoms with Crippen molar-refractivity contribution in [3.05, 3.63) is 23.8 Å². The molecule has 21 heavy (non-hydrogen) atoms. The zero-order valence-corrected chi connectivity index (χ0v) is 11.8. The molecular weight excluding hydrogens is 283 g/mol. The Morgan fingerprint density at radius 3 is 2.48 bits per heavy atom. The Morgan fingerprint density at radius 1 is 1.19 bits per heavy atom. The number of halogens is 3. The van der Waals surface area contributed by atoms with Crippen LogP contribution < -0.4 is 5.32 Å². The van der Waals surface area contributed by atoms with Crippen LogP contribution in [0.5, 0.6) is 11.5 Å². The van der Waals surface area contributed by atoms with Crippen molar-refractivity contribution < 1.29 is 23.4 Å². The van der Waals surface area contributed by atoms with Crippen molar-refractivity contribution in [2.45, 2.75) is 50.9 Å². The lowest BCUT2D eigenvalue weighted by Crippen LogP contribution is -2.46. The molecule has 1 saturated carbocycles. The van der Waals surface area contributed by atoms with Crippen molar-refractivity contribution in [1.82, 2.24) is 5.32 Å². The maximum absolute atomic E-state index is 13.1. The number of nitrogens with one attached hydrogen (secondary N) is 1. The molecule has 0 spiro atoms. The van der Waals surface area contributed by atoms with Crippen LogP contribution >= 0.6 is 0 Å². The highest BCUT2D eigenvalue weighted by atomic mass is 19.4. The fourth-order valence-corrected chi connectivity index (χ4v) is 3.03. The van der Waals surface area contributed by atoms with Crippen molar-refractivity contribution in [3.8, 4) is 11.5 Å². The van der Waals surface area contributed by atoms with Crippen LogP contribution in [0.4, 0.5) is 13.2 Å². The van der Waals surface area contributed by atoms with Crippen molar-refractivity contribution in [2.75, 3.05) is 0 Å². The Labute approximate surface area is 121 Å². The highest BCUT2D eigenvalue weighted by Crippen LogP contribution is 2.39. The zero-order valence-electron chi connectivity index (χ0n) is 11.8. The van der Waals surface area contributed by atoms with Crippen LogP contribution in [0.3, 0.4) is 0 Å². The Balaban J connectivity index is 2.11. The molecule has 0 aromatic heterocycles. The lowest BCUT2D eigenvalue weighted by molar-refractivity contribution is -0.189. The lowest BCUT2D eigenvalue weighted by atomic mass is 9.83. The van der Waals surface area contributed by atoms with Gasteiger partial charge in [0.1, 0.15) is 11.5 Å². The quantitative estimate of drug-likeness (QED) is 0.794. The van der Waals surface area contributed by atoms with E-state index in [9.17, 15) is 23.4 Å². The first kappa shape index (κ1) is 15.9. The number of hydrogen-bond donors (Lipinski definition) is 3. The summed E-state index contributed by atoms with van der Waals surface area (Å²) in [5.41, 5.74) is 0.485. The summed E-state index contributed by atoms with van der Waals surface area (Å²) in [6.07, 6.45) is -2.20. The molecule has 1 aromatic carbocycles. The van der Waals surface area contributed by atoms with Gasteiger partial charge in [0.15, 0.2) is 0 Å². The van der Waals surface area contributed by atoms with Crippen LogP contribution in [0.15, 0.2) is 18.2 Å². The molecule has 1 fully saturated rings. The van der Waals surface area contributed by atoms with E-state index in [1.807, 2.05) is 0 Å². The lowest BCUT2D eigenvalue weighted by Gasteiger charge is -2.35.